The zero-order valence-electron chi connectivity index (χ0n) is 14.3. The Kier molecular flexibility index (Phi) is 5.45. The van der Waals surface area contributed by atoms with Crippen LogP contribution in [0.15, 0.2) is 59.2 Å². The van der Waals surface area contributed by atoms with Gasteiger partial charge in [-0.05, 0) is 34.0 Å². The highest BCUT2D eigenvalue weighted by Crippen LogP contribution is 2.23. The summed E-state index contributed by atoms with van der Waals surface area (Å²) in [5, 5.41) is 18.4. The average Bonchev–Trinajstić information content (AvgIpc) is 3.18. The Morgan fingerprint density at radius 2 is 1.96 bits per heavy atom. The van der Waals surface area contributed by atoms with Gasteiger partial charge in [-0.1, -0.05) is 36.4 Å². The second kappa shape index (κ2) is 8.13. The number of nitrogens with zero attached hydrogens (tertiary/aromatic N) is 2. The number of hydrogen-bond acceptors (Lipinski definition) is 4. The number of furan rings is 1. The van der Waals surface area contributed by atoms with E-state index in [0.717, 1.165) is 21.9 Å². The Labute approximate surface area is 152 Å². The molecule has 0 bridgehead atoms. The van der Waals surface area contributed by atoms with Crippen molar-refractivity contribution in [3.63, 3.8) is 0 Å². The fourth-order valence-electron chi connectivity index (χ4n) is 3.01. The number of benzene rings is 2. The average molecular weight is 345 g/mol. The summed E-state index contributed by atoms with van der Waals surface area (Å²) < 4.78 is 5.34. The van der Waals surface area contributed by atoms with Crippen molar-refractivity contribution in [2.24, 2.45) is 0 Å². The van der Waals surface area contributed by atoms with Crippen molar-refractivity contribution in [3.8, 4) is 6.07 Å². The highest BCUT2D eigenvalue weighted by atomic mass is 16.3. The lowest BCUT2D eigenvalue weighted by molar-refractivity contribution is -0.131. The second-order valence-corrected chi connectivity index (χ2v) is 5.98. The normalized spacial score (nSPS) is 10.4. The predicted molar refractivity (Wildman–Crippen MR) is 99.9 cm³/mol. The minimum atomic E-state index is -0.0515. The summed E-state index contributed by atoms with van der Waals surface area (Å²) in [5.41, 5.74) is 1.74. The molecule has 2 aromatic carbocycles. The van der Waals surface area contributed by atoms with Gasteiger partial charge in [-0.2, -0.15) is 5.26 Å². The number of amides is 1. The molecule has 0 atom stereocenters. The van der Waals surface area contributed by atoms with E-state index in [4.69, 9.17) is 15.1 Å². The number of carbonyl (C=O) groups is 1. The van der Waals surface area contributed by atoms with Gasteiger partial charge in [-0.15, -0.1) is 0 Å². The molecule has 3 rings (SSSR count). The molecule has 0 aliphatic heterocycles. The second-order valence-electron chi connectivity index (χ2n) is 5.98. The molecule has 1 heterocycles. The van der Waals surface area contributed by atoms with Gasteiger partial charge in [0.05, 0.1) is 31.7 Å². The summed E-state index contributed by atoms with van der Waals surface area (Å²) in [5.74, 6) is 0.643. The maximum atomic E-state index is 12.9. The molecule has 1 aromatic heterocycles. The van der Waals surface area contributed by atoms with Crippen molar-refractivity contribution in [1.29, 1.82) is 10.7 Å². The van der Waals surface area contributed by atoms with Crippen LogP contribution in [0.2, 0.25) is 0 Å². The molecule has 130 valence electrons. The fourth-order valence-corrected chi connectivity index (χ4v) is 3.01. The summed E-state index contributed by atoms with van der Waals surface area (Å²) in [6.07, 6.45) is 3.42. The van der Waals surface area contributed by atoms with Crippen LogP contribution in [0.3, 0.4) is 0 Å². The van der Waals surface area contributed by atoms with E-state index in [1.807, 2.05) is 42.5 Å². The van der Waals surface area contributed by atoms with Crippen molar-refractivity contribution < 1.29 is 9.21 Å². The zero-order chi connectivity index (χ0) is 18.4. The standard InChI is InChI=1S/C21H19N3O2/c22-10-4-11-24(15-18-5-3-12-26-18)21(25)13-16-8-9-17(14-23)20-7-2-1-6-19(16)20/h1-3,5-9,12,14,23H,4,11,13,15H2. The predicted octanol–water partition coefficient (Wildman–Crippen LogP) is 3.92. The topological polar surface area (TPSA) is 81.1 Å². The highest BCUT2D eigenvalue weighted by Gasteiger charge is 2.17. The van der Waals surface area contributed by atoms with Gasteiger partial charge in [0, 0.05) is 12.8 Å². The van der Waals surface area contributed by atoms with Crippen LogP contribution in [-0.4, -0.2) is 23.6 Å². The minimum Gasteiger partial charge on any atom is -0.467 e. The first-order chi connectivity index (χ1) is 12.7. The van der Waals surface area contributed by atoms with Crippen molar-refractivity contribution in [2.45, 2.75) is 19.4 Å². The lowest BCUT2D eigenvalue weighted by Crippen LogP contribution is -2.32. The number of hydrogen-bond donors (Lipinski definition) is 1. The van der Waals surface area contributed by atoms with Gasteiger partial charge in [0.2, 0.25) is 5.91 Å². The monoisotopic (exact) mass is 345 g/mol. The van der Waals surface area contributed by atoms with Gasteiger partial charge in [0.1, 0.15) is 5.76 Å². The number of nitrogens with one attached hydrogen (secondary N) is 1. The van der Waals surface area contributed by atoms with Gasteiger partial charge in [0.25, 0.3) is 0 Å². The molecule has 0 aliphatic rings. The molecule has 26 heavy (non-hydrogen) atoms. The lowest BCUT2D eigenvalue weighted by Gasteiger charge is -2.21. The number of rotatable bonds is 7. The Morgan fingerprint density at radius 1 is 1.15 bits per heavy atom. The maximum absolute atomic E-state index is 12.9. The van der Waals surface area contributed by atoms with E-state index in [2.05, 4.69) is 6.07 Å². The Bertz CT molecular complexity index is 955. The van der Waals surface area contributed by atoms with Gasteiger partial charge in [0.15, 0.2) is 0 Å². The van der Waals surface area contributed by atoms with Crippen molar-refractivity contribution in [2.75, 3.05) is 6.54 Å². The number of carbonyl (C=O) groups excluding carboxylic acids is 1. The van der Waals surface area contributed by atoms with Crippen LogP contribution in [0.25, 0.3) is 10.8 Å². The van der Waals surface area contributed by atoms with Gasteiger partial charge in [-0.3, -0.25) is 4.79 Å². The first kappa shape index (κ1) is 17.4. The van der Waals surface area contributed by atoms with Gasteiger partial charge < -0.3 is 14.7 Å². The van der Waals surface area contributed by atoms with E-state index in [-0.39, 0.29) is 18.7 Å². The largest absolute Gasteiger partial charge is 0.467 e. The van der Waals surface area contributed by atoms with Crippen molar-refractivity contribution in [3.05, 3.63) is 71.7 Å². The Morgan fingerprint density at radius 3 is 2.65 bits per heavy atom. The molecule has 3 aromatic rings. The molecule has 0 saturated heterocycles. The molecule has 1 N–H and O–H groups in total. The summed E-state index contributed by atoms with van der Waals surface area (Å²) in [6, 6.07) is 17.2. The first-order valence-electron chi connectivity index (χ1n) is 8.41. The molecule has 0 unspecified atom stereocenters. The quantitative estimate of drug-likeness (QED) is 0.659. The molecule has 0 aliphatic carbocycles. The molecule has 0 fully saturated rings. The summed E-state index contributed by atoms with van der Waals surface area (Å²) in [7, 11) is 0. The number of fused-ring (bicyclic) bond motifs is 1. The third-order valence-electron chi connectivity index (χ3n) is 4.32. The van der Waals surface area contributed by atoms with E-state index in [0.29, 0.717) is 18.8 Å². The molecule has 5 nitrogen and oxygen atoms in total. The van der Waals surface area contributed by atoms with Crippen LogP contribution in [0.1, 0.15) is 23.3 Å². The molecule has 0 saturated carbocycles. The fraction of sp³-hybridized carbons (Fsp3) is 0.190. The molecule has 5 heteroatoms. The van der Waals surface area contributed by atoms with E-state index >= 15 is 0 Å². The lowest BCUT2D eigenvalue weighted by atomic mass is 9.98. The van der Waals surface area contributed by atoms with E-state index < -0.39 is 0 Å². The van der Waals surface area contributed by atoms with Crippen LogP contribution in [0, 0.1) is 16.7 Å². The highest BCUT2D eigenvalue weighted by molar-refractivity contribution is 6.01. The van der Waals surface area contributed by atoms with Crippen LogP contribution >= 0.6 is 0 Å². The van der Waals surface area contributed by atoms with E-state index in [1.54, 1.807) is 17.2 Å². The Balaban J connectivity index is 1.86. The summed E-state index contributed by atoms with van der Waals surface area (Å²) in [4.78, 5) is 14.5. The minimum absolute atomic E-state index is 0.0515. The van der Waals surface area contributed by atoms with Crippen LogP contribution in [-0.2, 0) is 17.8 Å². The van der Waals surface area contributed by atoms with Crippen molar-refractivity contribution >= 4 is 22.9 Å². The SMILES string of the molecule is N#CCCN(Cc1ccco1)C(=O)Cc1ccc(C=N)c2ccccc12. The summed E-state index contributed by atoms with van der Waals surface area (Å²) >= 11 is 0. The summed E-state index contributed by atoms with van der Waals surface area (Å²) in [6.45, 7) is 0.719. The van der Waals surface area contributed by atoms with Gasteiger partial charge in [-0.25, -0.2) is 0 Å². The molecular weight excluding hydrogens is 326 g/mol. The Hall–Kier alpha value is -3.39. The molecule has 0 spiro atoms. The smallest absolute Gasteiger partial charge is 0.227 e. The third-order valence-corrected chi connectivity index (χ3v) is 4.32. The van der Waals surface area contributed by atoms with Crippen LogP contribution in [0.5, 0.6) is 0 Å². The molecule has 0 radical (unpaired) electrons. The molecular formula is C21H19N3O2. The first-order valence-corrected chi connectivity index (χ1v) is 8.41. The van der Waals surface area contributed by atoms with Crippen molar-refractivity contribution in [1.82, 2.24) is 4.90 Å². The van der Waals surface area contributed by atoms with E-state index in [1.165, 1.54) is 6.21 Å². The maximum Gasteiger partial charge on any atom is 0.227 e. The van der Waals surface area contributed by atoms with E-state index in [9.17, 15) is 4.79 Å². The molecule has 1 amide bonds. The van der Waals surface area contributed by atoms with Crippen LogP contribution < -0.4 is 0 Å². The van der Waals surface area contributed by atoms with Crippen LogP contribution in [0.4, 0.5) is 0 Å². The van der Waals surface area contributed by atoms with Gasteiger partial charge >= 0.3 is 0 Å². The third kappa shape index (κ3) is 3.81. The zero-order valence-corrected chi connectivity index (χ0v) is 14.3. The number of nitriles is 1.